The van der Waals surface area contributed by atoms with Gasteiger partial charge >= 0.3 is 0 Å². The molecule has 7 nitrogen and oxygen atoms in total. The van der Waals surface area contributed by atoms with E-state index in [4.69, 9.17) is 32.7 Å². The topological polar surface area (TPSA) is 83.9 Å². The Morgan fingerprint density at radius 3 is 2.94 bits per heavy atom. The van der Waals surface area contributed by atoms with Crippen LogP contribution < -0.4 is 15.0 Å². The number of piperidine rings is 1. The number of rotatable bonds is 5. The molecule has 2 aliphatic heterocycles. The van der Waals surface area contributed by atoms with Gasteiger partial charge in [-0.05, 0) is 31.0 Å². The number of halogens is 3. The van der Waals surface area contributed by atoms with Gasteiger partial charge in [0.1, 0.15) is 35.7 Å². The molecule has 0 aliphatic carbocycles. The predicted molar refractivity (Wildman–Crippen MR) is 116 cm³/mol. The van der Waals surface area contributed by atoms with Gasteiger partial charge in [-0.1, -0.05) is 23.2 Å². The minimum Gasteiger partial charge on any atom is -0.490 e. The van der Waals surface area contributed by atoms with Gasteiger partial charge in [0.2, 0.25) is 5.91 Å². The molecular weight excluding hydrogens is 448 g/mol. The van der Waals surface area contributed by atoms with E-state index >= 15 is 0 Å². The van der Waals surface area contributed by atoms with E-state index in [9.17, 15) is 14.3 Å². The lowest BCUT2D eigenvalue weighted by Gasteiger charge is -2.44. The first-order valence-corrected chi connectivity index (χ1v) is 10.6. The number of pyridine rings is 1. The van der Waals surface area contributed by atoms with Crippen LogP contribution in [0.15, 0.2) is 24.4 Å². The summed E-state index contributed by atoms with van der Waals surface area (Å²) in [6.07, 6.45) is 1.90. The van der Waals surface area contributed by atoms with E-state index in [2.05, 4.69) is 10.3 Å². The van der Waals surface area contributed by atoms with E-state index < -0.39 is 17.5 Å². The second kappa shape index (κ2) is 8.78. The number of benzene rings is 1. The minimum absolute atomic E-state index is 0.0485. The van der Waals surface area contributed by atoms with Gasteiger partial charge in [-0.25, -0.2) is 9.37 Å². The van der Waals surface area contributed by atoms with Gasteiger partial charge in [0.05, 0.1) is 15.7 Å². The van der Waals surface area contributed by atoms with E-state index in [1.807, 2.05) is 4.90 Å². The Hall–Kier alpha value is -2.13. The molecule has 1 aromatic heterocycles. The molecule has 2 atom stereocenters. The predicted octanol–water partition coefficient (Wildman–Crippen LogP) is 3.45. The van der Waals surface area contributed by atoms with Crippen LogP contribution in [-0.4, -0.2) is 54.5 Å². The van der Waals surface area contributed by atoms with Crippen LogP contribution in [0.1, 0.15) is 18.4 Å². The van der Waals surface area contributed by atoms with Crippen LogP contribution in [0.4, 0.5) is 15.9 Å². The van der Waals surface area contributed by atoms with E-state index in [1.54, 1.807) is 6.07 Å². The number of anilines is 2. The number of aliphatic hydroxyl groups is 1. The lowest BCUT2D eigenvalue weighted by molar-refractivity contribution is -0.123. The number of amides is 1. The molecule has 0 unspecified atom stereocenters. The van der Waals surface area contributed by atoms with E-state index in [0.29, 0.717) is 53.1 Å². The normalized spacial score (nSPS) is 23.3. The number of aromatic nitrogens is 1. The van der Waals surface area contributed by atoms with Crippen molar-refractivity contribution >= 4 is 40.6 Å². The van der Waals surface area contributed by atoms with Crippen molar-refractivity contribution in [1.29, 1.82) is 0 Å². The van der Waals surface area contributed by atoms with Crippen LogP contribution in [0.3, 0.4) is 0 Å². The van der Waals surface area contributed by atoms with Crippen LogP contribution in [0.25, 0.3) is 0 Å². The number of hydrogen-bond donors (Lipinski definition) is 2. The molecule has 1 saturated heterocycles. The zero-order valence-corrected chi connectivity index (χ0v) is 18.3. The number of nitrogens with zero attached hydrogens (tertiary/aromatic N) is 2. The first-order valence-electron chi connectivity index (χ1n) is 9.86. The van der Waals surface area contributed by atoms with Crippen LogP contribution in [-0.2, 0) is 16.0 Å². The second-order valence-electron chi connectivity index (χ2n) is 7.72. The summed E-state index contributed by atoms with van der Waals surface area (Å²) in [6.45, 7) is 0.779. The number of carbonyl (C=O) groups excluding carboxylic acids is 1. The van der Waals surface area contributed by atoms with Gasteiger partial charge in [-0.3, -0.25) is 4.79 Å². The Balaban J connectivity index is 1.49. The molecule has 2 aromatic rings. The van der Waals surface area contributed by atoms with Crippen molar-refractivity contribution < 1.29 is 23.8 Å². The largest absolute Gasteiger partial charge is 0.490 e. The van der Waals surface area contributed by atoms with Crippen LogP contribution in [0.2, 0.25) is 10.0 Å². The van der Waals surface area contributed by atoms with Gasteiger partial charge in [0.15, 0.2) is 0 Å². The summed E-state index contributed by atoms with van der Waals surface area (Å²) in [4.78, 5) is 17.8. The summed E-state index contributed by atoms with van der Waals surface area (Å²) in [7, 11) is 1.52. The van der Waals surface area contributed by atoms with Crippen molar-refractivity contribution in [1.82, 2.24) is 4.98 Å². The average molecular weight is 470 g/mol. The number of nitrogens with one attached hydrogen (secondary N) is 1. The smallest absolute Gasteiger partial charge is 0.224 e. The maximum absolute atomic E-state index is 14.1. The van der Waals surface area contributed by atoms with Crippen molar-refractivity contribution in [3.8, 4) is 5.75 Å². The van der Waals surface area contributed by atoms with E-state index in [0.717, 1.165) is 0 Å². The molecule has 3 heterocycles. The molecule has 10 heteroatoms. The fourth-order valence-corrected chi connectivity index (χ4v) is 4.50. The summed E-state index contributed by atoms with van der Waals surface area (Å²) < 4.78 is 25.6. The minimum atomic E-state index is -1.27. The van der Waals surface area contributed by atoms with Crippen LogP contribution in [0.5, 0.6) is 5.75 Å². The zero-order chi connectivity index (χ0) is 22.2. The van der Waals surface area contributed by atoms with E-state index in [1.165, 1.54) is 25.4 Å². The Morgan fingerprint density at radius 1 is 1.39 bits per heavy atom. The highest BCUT2D eigenvalue weighted by molar-refractivity contribution is 6.36. The van der Waals surface area contributed by atoms with Crippen molar-refractivity contribution in [3.05, 3.63) is 45.8 Å². The maximum Gasteiger partial charge on any atom is 0.224 e. The quantitative estimate of drug-likeness (QED) is 0.697. The van der Waals surface area contributed by atoms with E-state index in [-0.39, 0.29) is 24.6 Å². The third-order valence-electron chi connectivity index (χ3n) is 5.74. The molecule has 0 bridgehead atoms. The number of hydrogen-bond acceptors (Lipinski definition) is 6. The first-order chi connectivity index (χ1) is 14.8. The maximum atomic E-state index is 14.1. The molecule has 0 spiro atoms. The Labute approximate surface area is 189 Å². The Bertz CT molecular complexity index is 1010. The van der Waals surface area contributed by atoms with Crippen molar-refractivity contribution in [2.75, 3.05) is 37.0 Å². The molecule has 2 N–H and O–H groups in total. The fourth-order valence-electron chi connectivity index (χ4n) is 4.00. The number of carbonyl (C=O) groups is 1. The molecule has 1 fully saturated rings. The Kier molecular flexibility index (Phi) is 6.25. The van der Waals surface area contributed by atoms with Crippen LogP contribution in [0, 0.1) is 5.82 Å². The van der Waals surface area contributed by atoms with Gasteiger partial charge in [-0.15, -0.1) is 0 Å². The summed E-state index contributed by atoms with van der Waals surface area (Å²) >= 11 is 12.2. The first kappa shape index (κ1) is 22.1. The van der Waals surface area contributed by atoms with Crippen molar-refractivity contribution in [2.45, 2.75) is 31.0 Å². The zero-order valence-electron chi connectivity index (χ0n) is 16.8. The lowest BCUT2D eigenvalue weighted by Crippen LogP contribution is -2.59. The third kappa shape index (κ3) is 4.43. The average Bonchev–Trinajstić information content (AvgIpc) is 2.74. The SMILES string of the molecule is CO[C@H]1CN(c2ncc(Cl)cc2Cl)CC[C@]1(O)COc1ccc(F)c2c1CCC(=O)N2. The molecule has 0 saturated carbocycles. The van der Waals surface area contributed by atoms with Gasteiger partial charge in [-0.2, -0.15) is 0 Å². The monoisotopic (exact) mass is 469 g/mol. The number of ether oxygens (including phenoxy) is 2. The molecule has 2 aliphatic rings. The Morgan fingerprint density at radius 2 is 2.19 bits per heavy atom. The van der Waals surface area contributed by atoms with Crippen molar-refractivity contribution in [3.63, 3.8) is 0 Å². The summed E-state index contributed by atoms with van der Waals surface area (Å²) in [5, 5.41) is 14.7. The molecule has 1 amide bonds. The molecule has 0 radical (unpaired) electrons. The van der Waals surface area contributed by atoms with Gasteiger partial charge in [0, 0.05) is 38.4 Å². The number of methoxy groups -OCH3 is 1. The van der Waals surface area contributed by atoms with Crippen LogP contribution >= 0.6 is 23.2 Å². The highest BCUT2D eigenvalue weighted by Gasteiger charge is 2.43. The third-order valence-corrected chi connectivity index (χ3v) is 6.22. The molecule has 4 rings (SSSR count). The fraction of sp³-hybridized carbons (Fsp3) is 0.429. The summed E-state index contributed by atoms with van der Waals surface area (Å²) in [6, 6.07) is 4.38. The molecular formula is C21H22Cl2FN3O4. The highest BCUT2D eigenvalue weighted by Crippen LogP contribution is 2.36. The molecule has 1 aromatic carbocycles. The molecule has 166 valence electrons. The molecule has 31 heavy (non-hydrogen) atoms. The van der Waals surface area contributed by atoms with Gasteiger partial charge in [0.25, 0.3) is 0 Å². The van der Waals surface area contributed by atoms with Gasteiger partial charge < -0.3 is 24.8 Å². The number of fused-ring (bicyclic) bond motifs is 1. The van der Waals surface area contributed by atoms with Crippen molar-refractivity contribution in [2.24, 2.45) is 0 Å². The summed E-state index contributed by atoms with van der Waals surface area (Å²) in [5.41, 5.74) is -0.544. The summed E-state index contributed by atoms with van der Waals surface area (Å²) in [5.74, 6) is 0.261. The highest BCUT2D eigenvalue weighted by atomic mass is 35.5. The lowest BCUT2D eigenvalue weighted by atomic mass is 9.89. The second-order valence-corrected chi connectivity index (χ2v) is 8.56. The standard InChI is InChI=1S/C21H22Cl2FN3O4/c1-30-17-10-27(20-14(23)8-12(22)9-25-20)7-6-21(17,29)11-31-16-4-3-15(24)19-13(16)2-5-18(28)26-19/h3-4,8-9,17,29H,2,5-7,10-11H2,1H3,(H,26,28)/t17-,21-/m0/s1.